The molecule has 1 unspecified atom stereocenters. The zero-order valence-corrected chi connectivity index (χ0v) is 14.0. The van der Waals surface area contributed by atoms with Gasteiger partial charge in [-0.3, -0.25) is 4.90 Å². The van der Waals surface area contributed by atoms with Crippen molar-refractivity contribution >= 4 is 11.6 Å². The molecule has 0 aliphatic heterocycles. The van der Waals surface area contributed by atoms with Crippen molar-refractivity contribution in [2.45, 2.75) is 51.6 Å². The Morgan fingerprint density at radius 1 is 1.38 bits per heavy atom. The molecule has 118 valence electrons. The minimum atomic E-state index is -0.304. The normalized spacial score (nSPS) is 20.7. The summed E-state index contributed by atoms with van der Waals surface area (Å²) in [5.74, 6) is -0.304. The molecule has 0 saturated heterocycles. The van der Waals surface area contributed by atoms with E-state index in [4.69, 9.17) is 17.3 Å². The SMILES string of the molecule is CN(C1CCC(C)(C)CC1)C(CN)c1ccc(F)cc1Cl. The molecule has 0 amide bonds. The van der Waals surface area contributed by atoms with Crippen LogP contribution in [0.4, 0.5) is 4.39 Å². The molecule has 21 heavy (non-hydrogen) atoms. The van der Waals surface area contributed by atoms with E-state index in [0.717, 1.165) is 5.56 Å². The maximum atomic E-state index is 13.2. The Labute approximate surface area is 132 Å². The number of nitrogens with two attached hydrogens (primary N) is 1. The maximum Gasteiger partial charge on any atom is 0.124 e. The van der Waals surface area contributed by atoms with Gasteiger partial charge in [-0.15, -0.1) is 0 Å². The highest BCUT2D eigenvalue weighted by atomic mass is 35.5. The summed E-state index contributed by atoms with van der Waals surface area (Å²) in [6.45, 7) is 5.16. The second kappa shape index (κ2) is 6.64. The lowest BCUT2D eigenvalue weighted by Crippen LogP contribution is -2.41. The van der Waals surface area contributed by atoms with Crippen molar-refractivity contribution in [2.75, 3.05) is 13.6 Å². The van der Waals surface area contributed by atoms with Crippen LogP contribution in [-0.2, 0) is 0 Å². The molecule has 1 aromatic carbocycles. The first-order valence-electron chi connectivity index (χ1n) is 7.71. The van der Waals surface area contributed by atoms with Crippen LogP contribution in [0.2, 0.25) is 5.02 Å². The molecule has 1 saturated carbocycles. The largest absolute Gasteiger partial charge is 0.329 e. The zero-order valence-electron chi connectivity index (χ0n) is 13.2. The van der Waals surface area contributed by atoms with Gasteiger partial charge in [-0.2, -0.15) is 0 Å². The van der Waals surface area contributed by atoms with Crippen molar-refractivity contribution in [3.63, 3.8) is 0 Å². The minimum Gasteiger partial charge on any atom is -0.329 e. The van der Waals surface area contributed by atoms with E-state index < -0.39 is 0 Å². The predicted octanol–water partition coefficient (Wildman–Crippen LogP) is 4.38. The van der Waals surface area contributed by atoms with Crippen LogP contribution in [0.3, 0.4) is 0 Å². The highest BCUT2D eigenvalue weighted by molar-refractivity contribution is 6.31. The predicted molar refractivity (Wildman–Crippen MR) is 87.0 cm³/mol. The highest BCUT2D eigenvalue weighted by Crippen LogP contribution is 2.39. The Morgan fingerprint density at radius 3 is 2.52 bits per heavy atom. The minimum absolute atomic E-state index is 0.0457. The molecule has 1 aliphatic carbocycles. The summed E-state index contributed by atoms with van der Waals surface area (Å²) < 4.78 is 13.2. The molecule has 1 aromatic rings. The van der Waals surface area contributed by atoms with Crippen LogP contribution in [0, 0.1) is 11.2 Å². The fourth-order valence-electron chi connectivity index (χ4n) is 3.33. The van der Waals surface area contributed by atoms with Gasteiger partial charge in [0.15, 0.2) is 0 Å². The lowest BCUT2D eigenvalue weighted by Gasteiger charge is -2.41. The zero-order chi connectivity index (χ0) is 15.6. The number of nitrogens with zero attached hydrogens (tertiary/aromatic N) is 1. The number of likely N-dealkylation sites (N-methyl/N-ethyl adjacent to an activating group) is 1. The monoisotopic (exact) mass is 312 g/mol. The van der Waals surface area contributed by atoms with E-state index in [2.05, 4.69) is 25.8 Å². The van der Waals surface area contributed by atoms with E-state index in [9.17, 15) is 4.39 Å². The van der Waals surface area contributed by atoms with Crippen molar-refractivity contribution in [1.29, 1.82) is 0 Å². The fraction of sp³-hybridized carbons (Fsp3) is 0.647. The van der Waals surface area contributed by atoms with E-state index in [1.165, 1.54) is 37.8 Å². The van der Waals surface area contributed by atoms with Gasteiger partial charge in [0.1, 0.15) is 5.82 Å². The second-order valence-corrected chi connectivity index (χ2v) is 7.39. The molecule has 1 atom stereocenters. The summed E-state index contributed by atoms with van der Waals surface area (Å²) >= 11 is 6.21. The summed E-state index contributed by atoms with van der Waals surface area (Å²) in [7, 11) is 2.11. The smallest absolute Gasteiger partial charge is 0.124 e. The number of rotatable bonds is 4. The van der Waals surface area contributed by atoms with Crippen LogP contribution in [0.15, 0.2) is 18.2 Å². The van der Waals surface area contributed by atoms with Gasteiger partial charge in [-0.1, -0.05) is 31.5 Å². The van der Waals surface area contributed by atoms with E-state index in [-0.39, 0.29) is 11.9 Å². The van der Waals surface area contributed by atoms with E-state index in [1.54, 1.807) is 6.07 Å². The lowest BCUT2D eigenvalue weighted by molar-refractivity contribution is 0.0966. The molecule has 0 heterocycles. The number of benzene rings is 1. The average Bonchev–Trinajstić information content (AvgIpc) is 2.41. The second-order valence-electron chi connectivity index (χ2n) is 6.98. The molecule has 0 radical (unpaired) electrons. The van der Waals surface area contributed by atoms with Crippen LogP contribution in [0.25, 0.3) is 0 Å². The number of hydrogen-bond acceptors (Lipinski definition) is 2. The Balaban J connectivity index is 2.13. The van der Waals surface area contributed by atoms with Gasteiger partial charge in [-0.05, 0) is 55.8 Å². The average molecular weight is 313 g/mol. The van der Waals surface area contributed by atoms with Gasteiger partial charge >= 0.3 is 0 Å². The third-order valence-corrected chi connectivity index (χ3v) is 5.25. The molecule has 2 rings (SSSR count). The first-order valence-corrected chi connectivity index (χ1v) is 8.09. The molecule has 0 bridgehead atoms. The Kier molecular flexibility index (Phi) is 5.29. The maximum absolute atomic E-state index is 13.2. The van der Waals surface area contributed by atoms with E-state index >= 15 is 0 Å². The summed E-state index contributed by atoms with van der Waals surface area (Å²) in [6, 6.07) is 5.16. The van der Waals surface area contributed by atoms with Crippen molar-refractivity contribution in [2.24, 2.45) is 11.1 Å². The molecule has 0 spiro atoms. The van der Waals surface area contributed by atoms with Crippen molar-refractivity contribution in [3.05, 3.63) is 34.6 Å². The molecular formula is C17H26ClFN2. The van der Waals surface area contributed by atoms with Crippen LogP contribution < -0.4 is 5.73 Å². The lowest BCUT2D eigenvalue weighted by atomic mass is 9.75. The van der Waals surface area contributed by atoms with Crippen molar-refractivity contribution < 1.29 is 4.39 Å². The number of hydrogen-bond donors (Lipinski definition) is 1. The Bertz CT molecular complexity index is 480. The third kappa shape index (κ3) is 3.97. The van der Waals surface area contributed by atoms with Gasteiger partial charge in [0.2, 0.25) is 0 Å². The Morgan fingerprint density at radius 2 is 2.00 bits per heavy atom. The van der Waals surface area contributed by atoms with Crippen molar-refractivity contribution in [3.8, 4) is 0 Å². The molecule has 2 N–H and O–H groups in total. The van der Waals surface area contributed by atoms with Gasteiger partial charge in [0.25, 0.3) is 0 Å². The molecule has 0 aromatic heterocycles. The van der Waals surface area contributed by atoms with Crippen molar-refractivity contribution in [1.82, 2.24) is 4.90 Å². The van der Waals surface area contributed by atoms with E-state index in [1.807, 2.05) is 0 Å². The molecule has 1 fully saturated rings. The highest BCUT2D eigenvalue weighted by Gasteiger charge is 2.32. The van der Waals surface area contributed by atoms with Crippen LogP contribution in [0.5, 0.6) is 0 Å². The fourth-order valence-corrected chi connectivity index (χ4v) is 3.62. The number of halogens is 2. The quantitative estimate of drug-likeness (QED) is 0.894. The van der Waals surface area contributed by atoms with Gasteiger partial charge < -0.3 is 5.73 Å². The van der Waals surface area contributed by atoms with Crippen LogP contribution in [0.1, 0.15) is 51.1 Å². The van der Waals surface area contributed by atoms with Gasteiger partial charge in [-0.25, -0.2) is 4.39 Å². The van der Waals surface area contributed by atoms with Gasteiger partial charge in [0.05, 0.1) is 0 Å². The topological polar surface area (TPSA) is 29.3 Å². The summed E-state index contributed by atoms with van der Waals surface area (Å²) in [5, 5.41) is 0.466. The summed E-state index contributed by atoms with van der Waals surface area (Å²) in [6.07, 6.45) is 4.82. The molecule has 2 nitrogen and oxygen atoms in total. The molecule has 4 heteroatoms. The van der Waals surface area contributed by atoms with E-state index in [0.29, 0.717) is 23.0 Å². The first kappa shape index (κ1) is 16.7. The standard InChI is InChI=1S/C17H26ClFN2/c1-17(2)8-6-13(7-9-17)21(3)16(11-20)14-5-4-12(19)10-15(14)18/h4-5,10,13,16H,6-9,11,20H2,1-3H3. The molecule has 1 aliphatic rings. The van der Waals surface area contributed by atoms with Crippen LogP contribution in [-0.4, -0.2) is 24.5 Å². The first-order chi connectivity index (χ1) is 9.84. The van der Waals surface area contributed by atoms with Gasteiger partial charge in [0, 0.05) is 23.7 Å². The molecular weight excluding hydrogens is 287 g/mol. The summed E-state index contributed by atoms with van der Waals surface area (Å²) in [5.41, 5.74) is 7.35. The Hall–Kier alpha value is -0.640. The van der Waals surface area contributed by atoms with Crippen LogP contribution >= 0.6 is 11.6 Å². The summed E-state index contributed by atoms with van der Waals surface area (Å²) in [4.78, 5) is 2.33. The third-order valence-electron chi connectivity index (χ3n) is 4.92.